The second-order valence-corrected chi connectivity index (χ2v) is 9.01. The summed E-state index contributed by atoms with van der Waals surface area (Å²) in [6, 6.07) is 5.14. The van der Waals surface area contributed by atoms with Crippen molar-refractivity contribution in [3.05, 3.63) is 41.3 Å². The molecule has 0 spiro atoms. The highest BCUT2D eigenvalue weighted by molar-refractivity contribution is 6.03. The Labute approximate surface area is 192 Å². The van der Waals surface area contributed by atoms with Crippen molar-refractivity contribution in [2.75, 3.05) is 11.1 Å². The summed E-state index contributed by atoms with van der Waals surface area (Å²) in [6.45, 7) is 11.7. The highest BCUT2D eigenvalue weighted by Gasteiger charge is 2.26. The minimum absolute atomic E-state index is 0.0558. The number of nitrogens with two attached hydrogens (primary N) is 2. The predicted octanol–water partition coefficient (Wildman–Crippen LogP) is 3.62. The normalized spacial score (nSPS) is 12.7. The van der Waals surface area contributed by atoms with Gasteiger partial charge >= 0.3 is 0 Å². The van der Waals surface area contributed by atoms with E-state index in [2.05, 4.69) is 41.3 Å². The van der Waals surface area contributed by atoms with Gasteiger partial charge in [-0.2, -0.15) is 5.10 Å². The summed E-state index contributed by atoms with van der Waals surface area (Å²) in [5.74, 6) is -0.140. The number of pyridine rings is 1. The van der Waals surface area contributed by atoms with Crippen molar-refractivity contribution in [1.29, 1.82) is 0 Å². The molecule has 0 saturated heterocycles. The van der Waals surface area contributed by atoms with E-state index in [-0.39, 0.29) is 28.7 Å². The van der Waals surface area contributed by atoms with Crippen LogP contribution < -0.4 is 16.8 Å². The van der Waals surface area contributed by atoms with E-state index < -0.39 is 11.8 Å². The fraction of sp³-hybridized carbons (Fsp3) is 0.435. The maximum Gasteiger partial charge on any atom is 0.254 e. The molecule has 2 amide bonds. The fourth-order valence-electron chi connectivity index (χ4n) is 3.28. The molecule has 3 rings (SSSR count). The van der Waals surface area contributed by atoms with Crippen LogP contribution in [0.5, 0.6) is 0 Å². The molecule has 1 atom stereocenters. The number of nitrogens with one attached hydrogen (secondary N) is 1. The van der Waals surface area contributed by atoms with E-state index in [9.17, 15) is 9.59 Å². The van der Waals surface area contributed by atoms with Gasteiger partial charge in [-0.3, -0.25) is 14.6 Å². The molecule has 3 heterocycles. The Morgan fingerprint density at radius 3 is 2.48 bits per heavy atom. The lowest BCUT2D eigenvalue weighted by molar-refractivity contribution is -0.117. The molecule has 0 aliphatic rings. The van der Waals surface area contributed by atoms with E-state index in [0.29, 0.717) is 28.5 Å². The third-order valence-electron chi connectivity index (χ3n) is 5.92. The Hall–Kier alpha value is -3.69. The number of hydrogen-bond acceptors (Lipinski definition) is 7. The maximum absolute atomic E-state index is 12.7. The van der Waals surface area contributed by atoms with Gasteiger partial charge in [-0.1, -0.05) is 32.0 Å². The number of rotatable bonds is 8. The molecule has 5 N–H and O–H groups in total. The zero-order valence-corrected chi connectivity index (χ0v) is 19.8. The van der Waals surface area contributed by atoms with Crippen LogP contribution in [-0.2, 0) is 10.2 Å². The fourth-order valence-corrected chi connectivity index (χ4v) is 3.28. The standard InChI is InChI=1S/C23H31N7O3/c1-7-23(5,6)16-10-17(29-33-16)27-22(32)13(4)14-8-9-15(26-11-14)19-18(21(25)31)20(24)30(28-19)12(2)3/h8-13H,7,24H2,1-6H3,(H2,25,31)(H,27,29,32). The van der Waals surface area contributed by atoms with Crippen molar-refractivity contribution in [1.82, 2.24) is 19.9 Å². The first-order valence-electron chi connectivity index (χ1n) is 10.9. The van der Waals surface area contributed by atoms with Crippen molar-refractivity contribution >= 4 is 23.5 Å². The Morgan fingerprint density at radius 1 is 1.24 bits per heavy atom. The van der Waals surface area contributed by atoms with Crippen LogP contribution in [0.15, 0.2) is 28.9 Å². The van der Waals surface area contributed by atoms with E-state index in [0.717, 1.165) is 6.42 Å². The van der Waals surface area contributed by atoms with Gasteiger partial charge in [-0.25, -0.2) is 4.68 Å². The second-order valence-electron chi connectivity index (χ2n) is 9.01. The minimum Gasteiger partial charge on any atom is -0.383 e. The summed E-state index contributed by atoms with van der Waals surface area (Å²) in [7, 11) is 0. The quantitative estimate of drug-likeness (QED) is 0.470. The van der Waals surface area contributed by atoms with Crippen LogP contribution in [-0.4, -0.2) is 31.7 Å². The smallest absolute Gasteiger partial charge is 0.254 e. The number of amides is 2. The van der Waals surface area contributed by atoms with Gasteiger partial charge in [0.25, 0.3) is 5.91 Å². The molecule has 0 aliphatic carbocycles. The summed E-state index contributed by atoms with van der Waals surface area (Å²) in [5, 5.41) is 11.2. The molecule has 33 heavy (non-hydrogen) atoms. The van der Waals surface area contributed by atoms with Crippen molar-refractivity contribution in [3.63, 3.8) is 0 Å². The molecule has 10 nitrogen and oxygen atoms in total. The van der Waals surface area contributed by atoms with Crippen LogP contribution in [0.1, 0.15) is 81.6 Å². The van der Waals surface area contributed by atoms with Crippen molar-refractivity contribution in [2.24, 2.45) is 5.73 Å². The zero-order valence-electron chi connectivity index (χ0n) is 19.8. The number of nitrogen functional groups attached to an aromatic ring is 1. The predicted molar refractivity (Wildman–Crippen MR) is 126 cm³/mol. The molecular weight excluding hydrogens is 422 g/mol. The topological polar surface area (TPSA) is 155 Å². The third kappa shape index (κ3) is 4.74. The Kier molecular flexibility index (Phi) is 6.57. The molecule has 0 radical (unpaired) electrons. The third-order valence-corrected chi connectivity index (χ3v) is 5.92. The number of hydrogen-bond donors (Lipinski definition) is 3. The van der Waals surface area contributed by atoms with Crippen molar-refractivity contribution < 1.29 is 14.1 Å². The molecular formula is C23H31N7O3. The molecule has 10 heteroatoms. The highest BCUT2D eigenvalue weighted by atomic mass is 16.5. The molecule has 0 bridgehead atoms. The van der Waals surface area contributed by atoms with Gasteiger partial charge in [0, 0.05) is 23.7 Å². The molecule has 3 aromatic rings. The van der Waals surface area contributed by atoms with Gasteiger partial charge in [0.05, 0.1) is 11.6 Å². The Balaban J connectivity index is 1.80. The number of anilines is 2. The van der Waals surface area contributed by atoms with Crippen LogP contribution in [0.3, 0.4) is 0 Å². The SMILES string of the molecule is CCC(C)(C)c1cc(NC(=O)C(C)c2ccc(-c3nn(C(C)C)c(N)c3C(N)=O)nc2)no1. The lowest BCUT2D eigenvalue weighted by Gasteiger charge is -2.17. The maximum atomic E-state index is 12.7. The lowest BCUT2D eigenvalue weighted by Crippen LogP contribution is -2.19. The van der Waals surface area contributed by atoms with Gasteiger partial charge in [0.1, 0.15) is 22.8 Å². The summed E-state index contributed by atoms with van der Waals surface area (Å²) in [6.07, 6.45) is 2.45. The first-order chi connectivity index (χ1) is 15.5. The van der Waals surface area contributed by atoms with E-state index in [1.54, 1.807) is 31.3 Å². The first-order valence-corrected chi connectivity index (χ1v) is 10.9. The van der Waals surface area contributed by atoms with Crippen LogP contribution >= 0.6 is 0 Å². The lowest BCUT2D eigenvalue weighted by atomic mass is 9.87. The number of carbonyl (C=O) groups excluding carboxylic acids is 2. The van der Waals surface area contributed by atoms with E-state index >= 15 is 0 Å². The van der Waals surface area contributed by atoms with Gasteiger partial charge in [-0.05, 0) is 38.8 Å². The van der Waals surface area contributed by atoms with Crippen LogP contribution in [0.2, 0.25) is 0 Å². The van der Waals surface area contributed by atoms with Crippen molar-refractivity contribution in [2.45, 2.75) is 65.3 Å². The Morgan fingerprint density at radius 2 is 1.94 bits per heavy atom. The summed E-state index contributed by atoms with van der Waals surface area (Å²) < 4.78 is 6.93. The summed E-state index contributed by atoms with van der Waals surface area (Å²) >= 11 is 0. The largest absolute Gasteiger partial charge is 0.383 e. The molecule has 0 saturated carbocycles. The van der Waals surface area contributed by atoms with E-state index in [4.69, 9.17) is 16.0 Å². The van der Waals surface area contributed by atoms with Crippen LogP contribution in [0, 0.1) is 0 Å². The zero-order chi connectivity index (χ0) is 24.5. The first kappa shape index (κ1) is 24.0. The van der Waals surface area contributed by atoms with Gasteiger partial charge in [0.2, 0.25) is 5.91 Å². The molecule has 176 valence electrons. The number of primary amides is 1. The molecule has 0 aliphatic heterocycles. The van der Waals surface area contributed by atoms with Crippen LogP contribution in [0.25, 0.3) is 11.4 Å². The van der Waals surface area contributed by atoms with E-state index in [1.807, 2.05) is 13.8 Å². The van der Waals surface area contributed by atoms with E-state index in [1.165, 1.54) is 4.68 Å². The average molecular weight is 454 g/mol. The minimum atomic E-state index is -0.675. The molecule has 1 unspecified atom stereocenters. The molecule has 3 aromatic heterocycles. The summed E-state index contributed by atoms with van der Waals surface area (Å²) in [4.78, 5) is 29.1. The highest BCUT2D eigenvalue weighted by Crippen LogP contribution is 2.30. The van der Waals surface area contributed by atoms with Crippen molar-refractivity contribution in [3.8, 4) is 11.4 Å². The average Bonchev–Trinajstić information content (AvgIpc) is 3.38. The molecule has 0 fully saturated rings. The number of carbonyl (C=O) groups is 2. The second kappa shape index (κ2) is 9.05. The van der Waals surface area contributed by atoms with Crippen LogP contribution in [0.4, 0.5) is 11.6 Å². The number of nitrogens with zero attached hydrogens (tertiary/aromatic N) is 4. The number of aromatic nitrogens is 4. The summed E-state index contributed by atoms with van der Waals surface area (Å²) in [5.41, 5.74) is 13.0. The van der Waals surface area contributed by atoms with Gasteiger partial charge in [0.15, 0.2) is 5.82 Å². The van der Waals surface area contributed by atoms with Gasteiger partial charge in [-0.15, -0.1) is 0 Å². The monoisotopic (exact) mass is 453 g/mol. The van der Waals surface area contributed by atoms with Gasteiger partial charge < -0.3 is 21.3 Å². The Bertz CT molecular complexity index is 1160. The molecule has 0 aromatic carbocycles.